The smallest absolute Gasteiger partial charge is 0.159 e. The van der Waals surface area contributed by atoms with Gasteiger partial charge in [0, 0.05) is 17.8 Å². The molecule has 3 nitrogen and oxygen atoms in total. The molecule has 2 rings (SSSR count). The number of phenols is 2. The van der Waals surface area contributed by atoms with Crippen molar-refractivity contribution in [3.05, 3.63) is 17.7 Å². The molecular formula is C9H11NO2. The molecule has 0 aromatic heterocycles. The van der Waals surface area contributed by atoms with E-state index in [1.807, 2.05) is 0 Å². The molecule has 0 saturated heterocycles. The number of hydrogen-bond donors (Lipinski definition) is 3. The lowest BCUT2D eigenvalue weighted by Gasteiger charge is -2.03. The summed E-state index contributed by atoms with van der Waals surface area (Å²) in [6, 6.07) is 3.57. The summed E-state index contributed by atoms with van der Waals surface area (Å²) in [5, 5.41) is 21.6. The Labute approximate surface area is 70.7 Å². The molecule has 12 heavy (non-hydrogen) atoms. The van der Waals surface area contributed by atoms with Crippen molar-refractivity contribution in [3.8, 4) is 11.5 Å². The highest BCUT2D eigenvalue weighted by molar-refractivity contribution is 5.63. The van der Waals surface area contributed by atoms with Crippen molar-refractivity contribution in [2.75, 3.05) is 5.32 Å². The molecule has 0 bridgehead atoms. The van der Waals surface area contributed by atoms with Crippen LogP contribution >= 0.6 is 0 Å². The van der Waals surface area contributed by atoms with E-state index in [0.717, 1.165) is 17.7 Å². The molecule has 0 fully saturated rings. The molecule has 0 amide bonds. The second-order valence-electron chi connectivity index (χ2n) is 3.25. The van der Waals surface area contributed by atoms with E-state index < -0.39 is 0 Å². The maximum Gasteiger partial charge on any atom is 0.159 e. The summed E-state index contributed by atoms with van der Waals surface area (Å²) in [5.74, 6) is -0.0972. The number of nitrogens with one attached hydrogen (secondary N) is 1. The molecule has 64 valence electrons. The monoisotopic (exact) mass is 165 g/mol. The normalized spacial score (nSPS) is 20.2. The third-order valence-electron chi connectivity index (χ3n) is 2.13. The largest absolute Gasteiger partial charge is 0.504 e. The zero-order valence-electron chi connectivity index (χ0n) is 6.83. The lowest BCUT2D eigenvalue weighted by Crippen LogP contribution is -2.08. The SMILES string of the molecule is CC1Cc2cc(O)c(O)cc2N1. The maximum atomic E-state index is 9.19. The Morgan fingerprint density at radius 3 is 2.75 bits per heavy atom. The van der Waals surface area contributed by atoms with E-state index in [1.54, 1.807) is 12.1 Å². The van der Waals surface area contributed by atoms with Crippen molar-refractivity contribution in [2.45, 2.75) is 19.4 Å². The number of anilines is 1. The molecule has 1 aliphatic rings. The molecular weight excluding hydrogens is 154 g/mol. The van der Waals surface area contributed by atoms with Gasteiger partial charge in [0.1, 0.15) is 0 Å². The molecule has 1 unspecified atom stereocenters. The lowest BCUT2D eigenvalue weighted by atomic mass is 10.1. The molecule has 1 aromatic carbocycles. The van der Waals surface area contributed by atoms with Crippen molar-refractivity contribution in [1.82, 2.24) is 0 Å². The fraction of sp³-hybridized carbons (Fsp3) is 0.333. The topological polar surface area (TPSA) is 52.5 Å². The second-order valence-corrected chi connectivity index (χ2v) is 3.25. The average Bonchev–Trinajstić information content (AvgIpc) is 2.30. The van der Waals surface area contributed by atoms with E-state index in [4.69, 9.17) is 0 Å². The summed E-state index contributed by atoms with van der Waals surface area (Å²) in [5.41, 5.74) is 2.00. The molecule has 1 aliphatic heterocycles. The molecule has 0 aliphatic carbocycles. The summed E-state index contributed by atoms with van der Waals surface area (Å²) in [7, 11) is 0. The van der Waals surface area contributed by atoms with Crippen LogP contribution in [0.2, 0.25) is 0 Å². The van der Waals surface area contributed by atoms with Crippen LogP contribution in [0.4, 0.5) is 5.69 Å². The molecule has 3 N–H and O–H groups in total. The van der Waals surface area contributed by atoms with Crippen LogP contribution in [-0.2, 0) is 6.42 Å². The number of fused-ring (bicyclic) bond motifs is 1. The predicted molar refractivity (Wildman–Crippen MR) is 46.6 cm³/mol. The first kappa shape index (κ1) is 7.28. The number of aromatic hydroxyl groups is 2. The Balaban J connectivity index is 2.48. The van der Waals surface area contributed by atoms with Crippen LogP contribution in [0.15, 0.2) is 12.1 Å². The van der Waals surface area contributed by atoms with Gasteiger partial charge in [-0.2, -0.15) is 0 Å². The van der Waals surface area contributed by atoms with Gasteiger partial charge in [0.2, 0.25) is 0 Å². The highest BCUT2D eigenvalue weighted by atomic mass is 16.3. The minimum absolute atomic E-state index is 0.0374. The summed E-state index contributed by atoms with van der Waals surface area (Å²) in [4.78, 5) is 0. The van der Waals surface area contributed by atoms with Crippen LogP contribution < -0.4 is 5.32 Å². The lowest BCUT2D eigenvalue weighted by molar-refractivity contribution is 0.403. The number of benzene rings is 1. The Morgan fingerprint density at radius 1 is 1.33 bits per heavy atom. The van der Waals surface area contributed by atoms with Crippen molar-refractivity contribution < 1.29 is 10.2 Å². The first-order valence-electron chi connectivity index (χ1n) is 3.98. The van der Waals surface area contributed by atoms with Crippen LogP contribution in [0.3, 0.4) is 0 Å². The summed E-state index contributed by atoms with van der Waals surface area (Å²) in [6.45, 7) is 2.06. The van der Waals surface area contributed by atoms with Gasteiger partial charge in [-0.05, 0) is 25.0 Å². The van der Waals surface area contributed by atoms with Crippen LogP contribution in [0, 0.1) is 0 Å². The Hall–Kier alpha value is -1.38. The van der Waals surface area contributed by atoms with Crippen molar-refractivity contribution in [3.63, 3.8) is 0 Å². The zero-order chi connectivity index (χ0) is 8.72. The Bertz CT molecular complexity index is 292. The van der Waals surface area contributed by atoms with Gasteiger partial charge >= 0.3 is 0 Å². The summed E-state index contributed by atoms with van der Waals surface area (Å²) >= 11 is 0. The van der Waals surface area contributed by atoms with E-state index >= 15 is 0 Å². The Morgan fingerprint density at radius 2 is 2.00 bits per heavy atom. The number of hydrogen-bond acceptors (Lipinski definition) is 3. The van der Waals surface area contributed by atoms with Crippen molar-refractivity contribution in [2.24, 2.45) is 0 Å². The van der Waals surface area contributed by atoms with Gasteiger partial charge in [-0.15, -0.1) is 0 Å². The second kappa shape index (κ2) is 2.30. The molecule has 0 spiro atoms. The molecule has 1 heterocycles. The third kappa shape index (κ3) is 0.978. The molecule has 0 saturated carbocycles. The van der Waals surface area contributed by atoms with E-state index in [9.17, 15) is 10.2 Å². The minimum atomic E-state index is -0.0599. The minimum Gasteiger partial charge on any atom is -0.504 e. The van der Waals surface area contributed by atoms with Gasteiger partial charge in [0.25, 0.3) is 0 Å². The Kier molecular flexibility index (Phi) is 1.40. The highest BCUT2D eigenvalue weighted by Crippen LogP contribution is 2.35. The maximum absolute atomic E-state index is 9.19. The van der Waals surface area contributed by atoms with E-state index in [0.29, 0.717) is 6.04 Å². The fourth-order valence-corrected chi connectivity index (χ4v) is 1.57. The van der Waals surface area contributed by atoms with Gasteiger partial charge in [0.15, 0.2) is 11.5 Å². The van der Waals surface area contributed by atoms with Gasteiger partial charge in [0.05, 0.1) is 0 Å². The molecule has 1 aromatic rings. The highest BCUT2D eigenvalue weighted by Gasteiger charge is 2.18. The predicted octanol–water partition coefficient (Wildman–Crippen LogP) is 1.45. The summed E-state index contributed by atoms with van der Waals surface area (Å²) in [6.07, 6.45) is 0.906. The van der Waals surface area contributed by atoms with Crippen LogP contribution in [0.1, 0.15) is 12.5 Å². The summed E-state index contributed by atoms with van der Waals surface area (Å²) < 4.78 is 0. The molecule has 1 atom stereocenters. The standard InChI is InChI=1S/C9H11NO2/c1-5-2-6-3-8(11)9(12)4-7(6)10-5/h3-5,10-12H,2H2,1H3. The fourth-order valence-electron chi connectivity index (χ4n) is 1.57. The van der Waals surface area contributed by atoms with Gasteiger partial charge < -0.3 is 15.5 Å². The number of rotatable bonds is 0. The number of phenolic OH excluding ortho intramolecular Hbond substituents is 2. The van der Waals surface area contributed by atoms with Gasteiger partial charge in [-0.3, -0.25) is 0 Å². The van der Waals surface area contributed by atoms with Crippen LogP contribution in [-0.4, -0.2) is 16.3 Å². The van der Waals surface area contributed by atoms with Crippen molar-refractivity contribution >= 4 is 5.69 Å². The van der Waals surface area contributed by atoms with Gasteiger partial charge in [-0.1, -0.05) is 0 Å². The first-order valence-corrected chi connectivity index (χ1v) is 3.98. The van der Waals surface area contributed by atoms with E-state index in [2.05, 4.69) is 12.2 Å². The zero-order valence-corrected chi connectivity index (χ0v) is 6.83. The van der Waals surface area contributed by atoms with Crippen LogP contribution in [0.25, 0.3) is 0 Å². The quantitative estimate of drug-likeness (QED) is 0.403. The van der Waals surface area contributed by atoms with E-state index in [-0.39, 0.29) is 11.5 Å². The average molecular weight is 165 g/mol. The molecule has 0 radical (unpaired) electrons. The van der Waals surface area contributed by atoms with E-state index in [1.165, 1.54) is 0 Å². The van der Waals surface area contributed by atoms with Gasteiger partial charge in [-0.25, -0.2) is 0 Å². The van der Waals surface area contributed by atoms with Crippen molar-refractivity contribution in [1.29, 1.82) is 0 Å². The first-order chi connectivity index (χ1) is 5.66. The third-order valence-corrected chi connectivity index (χ3v) is 2.13. The van der Waals surface area contributed by atoms with Crippen LogP contribution in [0.5, 0.6) is 11.5 Å². The molecule has 3 heteroatoms.